The number of carbonyl (C=O) groups is 1. The number of rotatable bonds is 7. The van der Waals surface area contributed by atoms with E-state index in [0.29, 0.717) is 19.8 Å². The first kappa shape index (κ1) is 19.9. The minimum absolute atomic E-state index is 0. The lowest BCUT2D eigenvalue weighted by atomic mass is 10.1. The molecule has 2 rings (SSSR count). The molecule has 1 aromatic rings. The molecule has 0 radical (unpaired) electrons. The van der Waals surface area contributed by atoms with Crippen LogP contribution in [0.1, 0.15) is 18.1 Å². The Balaban J connectivity index is 0.00000264. The van der Waals surface area contributed by atoms with Crippen LogP contribution in [0.2, 0.25) is 0 Å². The van der Waals surface area contributed by atoms with Gasteiger partial charge in [0.05, 0.1) is 24.7 Å². The van der Waals surface area contributed by atoms with Gasteiger partial charge in [-0.05, 0) is 37.2 Å². The van der Waals surface area contributed by atoms with Crippen LogP contribution in [0.5, 0.6) is 0 Å². The number of hydrogen-bond donors (Lipinski definition) is 3. The molecule has 0 saturated carbocycles. The highest BCUT2D eigenvalue weighted by atomic mass is 35.5. The predicted octanol–water partition coefficient (Wildman–Crippen LogP) is 0.141. The zero-order valence-corrected chi connectivity index (χ0v) is 14.7. The fourth-order valence-corrected chi connectivity index (χ4v) is 3.02. The first-order chi connectivity index (χ1) is 10.4. The Morgan fingerprint density at radius 3 is 2.70 bits per heavy atom. The SMILES string of the molecule is CNC(C)CNC(=O)CNS(=O)(=O)c1ccc2c(c1)COC2.Cl. The van der Waals surface area contributed by atoms with Gasteiger partial charge in [-0.1, -0.05) is 6.07 Å². The van der Waals surface area contributed by atoms with Crippen LogP contribution in [0.25, 0.3) is 0 Å². The number of nitrogens with one attached hydrogen (secondary N) is 3. The maximum Gasteiger partial charge on any atom is 0.241 e. The maximum absolute atomic E-state index is 12.2. The Bertz CT molecular complexity index is 651. The van der Waals surface area contributed by atoms with E-state index in [1.165, 1.54) is 6.07 Å². The van der Waals surface area contributed by atoms with Gasteiger partial charge >= 0.3 is 0 Å². The molecule has 1 aromatic carbocycles. The number of benzene rings is 1. The van der Waals surface area contributed by atoms with Crippen molar-refractivity contribution in [1.82, 2.24) is 15.4 Å². The summed E-state index contributed by atoms with van der Waals surface area (Å²) in [5.74, 6) is -0.366. The fourth-order valence-electron chi connectivity index (χ4n) is 1.99. The van der Waals surface area contributed by atoms with Gasteiger partial charge < -0.3 is 15.4 Å². The van der Waals surface area contributed by atoms with Crippen molar-refractivity contribution in [2.45, 2.75) is 31.1 Å². The summed E-state index contributed by atoms with van der Waals surface area (Å²) in [6, 6.07) is 4.98. The normalized spacial score (nSPS) is 14.7. The monoisotopic (exact) mass is 363 g/mol. The predicted molar refractivity (Wildman–Crippen MR) is 88.9 cm³/mol. The molecule has 0 fully saturated rings. The van der Waals surface area contributed by atoms with Gasteiger partial charge in [-0.25, -0.2) is 13.1 Å². The van der Waals surface area contributed by atoms with E-state index in [2.05, 4.69) is 15.4 Å². The van der Waals surface area contributed by atoms with Gasteiger partial charge in [0.2, 0.25) is 15.9 Å². The molecule has 0 spiro atoms. The van der Waals surface area contributed by atoms with Crippen LogP contribution in [0.15, 0.2) is 23.1 Å². The summed E-state index contributed by atoms with van der Waals surface area (Å²) in [5, 5.41) is 5.63. The summed E-state index contributed by atoms with van der Waals surface area (Å²) in [5.41, 5.74) is 1.87. The molecule has 0 aliphatic carbocycles. The third-order valence-corrected chi connectivity index (χ3v) is 4.92. The Morgan fingerprint density at radius 1 is 1.30 bits per heavy atom. The number of sulfonamides is 1. The Labute approximate surface area is 142 Å². The van der Waals surface area contributed by atoms with Crippen LogP contribution in [-0.2, 0) is 32.8 Å². The highest BCUT2D eigenvalue weighted by molar-refractivity contribution is 7.89. The number of halogens is 1. The van der Waals surface area contributed by atoms with E-state index in [4.69, 9.17) is 4.74 Å². The van der Waals surface area contributed by atoms with Crippen LogP contribution in [0, 0.1) is 0 Å². The van der Waals surface area contributed by atoms with Gasteiger partial charge in [0.1, 0.15) is 0 Å². The summed E-state index contributed by atoms with van der Waals surface area (Å²) in [7, 11) is -1.91. The first-order valence-electron chi connectivity index (χ1n) is 7.05. The Hall–Kier alpha value is -1.19. The second kappa shape index (κ2) is 8.60. The van der Waals surface area contributed by atoms with Crippen molar-refractivity contribution < 1.29 is 17.9 Å². The number of ether oxygens (including phenoxy) is 1. The van der Waals surface area contributed by atoms with Gasteiger partial charge in [-0.3, -0.25) is 4.79 Å². The third-order valence-electron chi connectivity index (χ3n) is 3.52. The van der Waals surface area contributed by atoms with E-state index < -0.39 is 10.0 Å². The van der Waals surface area contributed by atoms with Gasteiger partial charge in [-0.15, -0.1) is 12.4 Å². The quantitative estimate of drug-likeness (QED) is 0.640. The topological polar surface area (TPSA) is 96.5 Å². The molecule has 23 heavy (non-hydrogen) atoms. The van der Waals surface area contributed by atoms with Crippen LogP contribution >= 0.6 is 12.4 Å². The second-order valence-corrected chi connectivity index (χ2v) is 7.01. The van der Waals surface area contributed by atoms with Crippen molar-refractivity contribution in [3.05, 3.63) is 29.3 Å². The molecular formula is C14H22ClN3O4S. The van der Waals surface area contributed by atoms with Crippen molar-refractivity contribution in [1.29, 1.82) is 0 Å². The summed E-state index contributed by atoms with van der Waals surface area (Å²) < 4.78 is 31.9. The van der Waals surface area contributed by atoms with E-state index in [1.807, 2.05) is 6.92 Å². The summed E-state index contributed by atoms with van der Waals surface area (Å²) >= 11 is 0. The van der Waals surface area contributed by atoms with E-state index in [1.54, 1.807) is 19.2 Å². The number of fused-ring (bicyclic) bond motifs is 1. The van der Waals surface area contributed by atoms with Crippen molar-refractivity contribution >= 4 is 28.3 Å². The largest absolute Gasteiger partial charge is 0.372 e. The van der Waals surface area contributed by atoms with E-state index in [-0.39, 0.29) is 35.8 Å². The number of carbonyl (C=O) groups excluding carboxylic acids is 1. The average Bonchev–Trinajstić information content (AvgIpc) is 2.98. The molecule has 130 valence electrons. The van der Waals surface area contributed by atoms with Crippen LogP contribution in [-0.4, -0.2) is 40.5 Å². The van der Waals surface area contributed by atoms with Crippen LogP contribution in [0.3, 0.4) is 0 Å². The molecule has 1 aliphatic heterocycles. The molecule has 9 heteroatoms. The minimum Gasteiger partial charge on any atom is -0.372 e. The maximum atomic E-state index is 12.2. The minimum atomic E-state index is -3.70. The summed E-state index contributed by atoms with van der Waals surface area (Å²) in [6.07, 6.45) is 0. The zero-order valence-electron chi connectivity index (χ0n) is 13.1. The molecule has 7 nitrogen and oxygen atoms in total. The molecular weight excluding hydrogens is 342 g/mol. The molecule has 1 heterocycles. The molecule has 0 aromatic heterocycles. The van der Waals surface area contributed by atoms with Gasteiger partial charge in [0.25, 0.3) is 0 Å². The fraction of sp³-hybridized carbons (Fsp3) is 0.500. The van der Waals surface area contributed by atoms with Crippen molar-refractivity contribution in [2.75, 3.05) is 20.1 Å². The van der Waals surface area contributed by atoms with Gasteiger partial charge in [-0.2, -0.15) is 0 Å². The van der Waals surface area contributed by atoms with Crippen molar-refractivity contribution in [3.63, 3.8) is 0 Å². The van der Waals surface area contributed by atoms with Gasteiger partial charge in [0, 0.05) is 12.6 Å². The lowest BCUT2D eigenvalue weighted by molar-refractivity contribution is -0.120. The first-order valence-corrected chi connectivity index (χ1v) is 8.54. The van der Waals surface area contributed by atoms with Crippen molar-refractivity contribution in [3.8, 4) is 0 Å². The van der Waals surface area contributed by atoms with Gasteiger partial charge in [0.15, 0.2) is 0 Å². The van der Waals surface area contributed by atoms with E-state index in [0.717, 1.165) is 11.1 Å². The van der Waals surface area contributed by atoms with Crippen LogP contribution in [0.4, 0.5) is 0 Å². The Kier molecular flexibility index (Phi) is 7.43. The average molecular weight is 364 g/mol. The smallest absolute Gasteiger partial charge is 0.241 e. The number of amides is 1. The highest BCUT2D eigenvalue weighted by Crippen LogP contribution is 2.22. The lowest BCUT2D eigenvalue weighted by Crippen LogP contribution is -2.42. The lowest BCUT2D eigenvalue weighted by Gasteiger charge is -2.12. The van der Waals surface area contributed by atoms with E-state index in [9.17, 15) is 13.2 Å². The Morgan fingerprint density at radius 2 is 2.00 bits per heavy atom. The van der Waals surface area contributed by atoms with Crippen LogP contribution < -0.4 is 15.4 Å². The number of likely N-dealkylation sites (N-methyl/N-ethyl adjacent to an activating group) is 1. The molecule has 3 N–H and O–H groups in total. The molecule has 0 bridgehead atoms. The molecule has 0 saturated heterocycles. The molecule has 1 atom stereocenters. The second-order valence-electron chi connectivity index (χ2n) is 5.24. The third kappa shape index (κ3) is 5.43. The standard InChI is InChI=1S/C14H21N3O4S.ClH/c1-10(15-2)6-16-14(18)7-17-22(19,20)13-4-3-11-8-21-9-12(11)5-13;/h3-5,10,15,17H,6-9H2,1-2H3,(H,16,18);1H. The molecule has 1 amide bonds. The molecule has 1 aliphatic rings. The number of hydrogen-bond acceptors (Lipinski definition) is 5. The summed E-state index contributed by atoms with van der Waals surface area (Å²) in [4.78, 5) is 11.8. The highest BCUT2D eigenvalue weighted by Gasteiger charge is 2.19. The summed E-state index contributed by atoms with van der Waals surface area (Å²) in [6.45, 7) is 2.99. The zero-order chi connectivity index (χ0) is 16.2. The van der Waals surface area contributed by atoms with Crippen molar-refractivity contribution in [2.24, 2.45) is 0 Å². The van der Waals surface area contributed by atoms with E-state index >= 15 is 0 Å². The molecule has 1 unspecified atom stereocenters.